The Kier molecular flexibility index (Phi) is 2.18. The lowest BCUT2D eigenvalue weighted by molar-refractivity contribution is -0.384. The first-order chi connectivity index (χ1) is 7.08. The summed E-state index contributed by atoms with van der Waals surface area (Å²) in [4.78, 5) is 9.95. The molecule has 1 heterocycles. The molecule has 0 aromatic heterocycles. The topological polar surface area (TPSA) is 108 Å². The maximum Gasteiger partial charge on any atom is 0.271 e. The lowest BCUT2D eigenvalue weighted by Crippen LogP contribution is -2.42. The minimum atomic E-state index is -1.18. The molecule has 4 N–H and O–H groups in total. The number of nitrogens with one attached hydrogen (secondary N) is 2. The third kappa shape index (κ3) is 1.69. The van der Waals surface area contributed by atoms with Gasteiger partial charge in [0.15, 0.2) is 12.5 Å². The van der Waals surface area contributed by atoms with E-state index in [1.807, 2.05) is 0 Å². The number of aliphatic hydroxyl groups is 2. The molecule has 1 aliphatic heterocycles. The number of nitro groups is 1. The molecule has 0 radical (unpaired) electrons. The van der Waals surface area contributed by atoms with Crippen molar-refractivity contribution in [1.82, 2.24) is 0 Å². The van der Waals surface area contributed by atoms with Crippen LogP contribution in [-0.2, 0) is 0 Å². The molecule has 2 atom stereocenters. The Morgan fingerprint density at radius 3 is 2.40 bits per heavy atom. The number of fused-ring (bicyclic) bond motifs is 1. The quantitative estimate of drug-likeness (QED) is 0.386. The third-order valence-electron chi connectivity index (χ3n) is 2.12. The number of aliphatic hydroxyl groups excluding tert-OH is 2. The minimum absolute atomic E-state index is 0.0772. The van der Waals surface area contributed by atoms with Gasteiger partial charge in [0.05, 0.1) is 16.3 Å². The fourth-order valence-corrected chi connectivity index (χ4v) is 1.37. The van der Waals surface area contributed by atoms with Crippen molar-refractivity contribution in [3.05, 3.63) is 28.3 Å². The molecular formula is C8H9N3O4. The van der Waals surface area contributed by atoms with Gasteiger partial charge in [-0.05, 0) is 6.07 Å². The number of nitro benzene ring substituents is 1. The maximum atomic E-state index is 10.5. The number of hydrogen-bond acceptors (Lipinski definition) is 6. The summed E-state index contributed by atoms with van der Waals surface area (Å²) < 4.78 is 0. The Hall–Kier alpha value is -1.86. The summed E-state index contributed by atoms with van der Waals surface area (Å²) in [6, 6.07) is 4.07. The molecule has 2 rings (SSSR count). The summed E-state index contributed by atoms with van der Waals surface area (Å²) in [7, 11) is 0. The van der Waals surface area contributed by atoms with Gasteiger partial charge in [-0.2, -0.15) is 0 Å². The van der Waals surface area contributed by atoms with Crippen molar-refractivity contribution in [2.75, 3.05) is 10.6 Å². The molecule has 0 fully saturated rings. The van der Waals surface area contributed by atoms with E-state index in [-0.39, 0.29) is 5.69 Å². The predicted molar refractivity (Wildman–Crippen MR) is 52.4 cm³/mol. The van der Waals surface area contributed by atoms with Crippen molar-refractivity contribution in [3.63, 3.8) is 0 Å². The van der Waals surface area contributed by atoms with Crippen molar-refractivity contribution in [3.8, 4) is 0 Å². The fourth-order valence-electron chi connectivity index (χ4n) is 1.37. The van der Waals surface area contributed by atoms with Crippen molar-refractivity contribution in [1.29, 1.82) is 0 Å². The molecule has 1 aliphatic rings. The van der Waals surface area contributed by atoms with E-state index in [1.54, 1.807) is 0 Å². The molecule has 7 nitrogen and oxygen atoms in total. The van der Waals surface area contributed by atoms with Crippen LogP contribution in [-0.4, -0.2) is 27.6 Å². The van der Waals surface area contributed by atoms with Crippen molar-refractivity contribution in [2.45, 2.75) is 12.5 Å². The lowest BCUT2D eigenvalue weighted by atomic mass is 10.2. The van der Waals surface area contributed by atoms with Crippen molar-refractivity contribution in [2.24, 2.45) is 0 Å². The SMILES string of the molecule is O=[N+]([O-])c1ccc2c(c1)N[C@H](O)[C@@H](O)N2. The number of hydrogen-bond donors (Lipinski definition) is 4. The summed E-state index contributed by atoms with van der Waals surface area (Å²) >= 11 is 0. The van der Waals surface area contributed by atoms with Gasteiger partial charge in [0.2, 0.25) is 0 Å². The Bertz CT molecular complexity index is 409. The smallest absolute Gasteiger partial charge is 0.271 e. The van der Waals surface area contributed by atoms with E-state index in [4.69, 9.17) is 0 Å². The van der Waals surface area contributed by atoms with Crippen LogP contribution in [0.25, 0.3) is 0 Å². The van der Waals surface area contributed by atoms with Crippen LogP contribution in [0.5, 0.6) is 0 Å². The van der Waals surface area contributed by atoms with E-state index in [1.165, 1.54) is 18.2 Å². The van der Waals surface area contributed by atoms with Crippen LogP contribution in [0.15, 0.2) is 18.2 Å². The molecule has 0 saturated heterocycles. The zero-order valence-electron chi connectivity index (χ0n) is 7.54. The monoisotopic (exact) mass is 211 g/mol. The highest BCUT2D eigenvalue weighted by molar-refractivity contribution is 5.74. The highest BCUT2D eigenvalue weighted by Gasteiger charge is 2.24. The van der Waals surface area contributed by atoms with Gasteiger partial charge in [-0.3, -0.25) is 10.1 Å². The number of anilines is 2. The molecule has 1 aromatic carbocycles. The third-order valence-corrected chi connectivity index (χ3v) is 2.12. The Balaban J connectivity index is 2.37. The highest BCUT2D eigenvalue weighted by atomic mass is 16.6. The summed E-state index contributed by atoms with van der Waals surface area (Å²) in [5, 5.41) is 34.1. The van der Waals surface area contributed by atoms with Gasteiger partial charge in [-0.15, -0.1) is 0 Å². The average molecular weight is 211 g/mol. The Labute approximate surface area is 84.5 Å². The van der Waals surface area contributed by atoms with E-state index in [9.17, 15) is 20.3 Å². The summed E-state index contributed by atoms with van der Waals surface area (Å²) in [6.45, 7) is 0. The maximum absolute atomic E-state index is 10.5. The number of nitrogens with zero attached hydrogens (tertiary/aromatic N) is 1. The van der Waals surface area contributed by atoms with Gasteiger partial charge in [0.25, 0.3) is 5.69 Å². The largest absolute Gasteiger partial charge is 0.369 e. The normalized spacial score (nSPS) is 23.6. The average Bonchev–Trinajstić information content (AvgIpc) is 2.19. The van der Waals surface area contributed by atoms with E-state index < -0.39 is 17.4 Å². The van der Waals surface area contributed by atoms with Gasteiger partial charge >= 0.3 is 0 Å². The summed E-state index contributed by atoms with van der Waals surface area (Å²) in [5.74, 6) is 0. The van der Waals surface area contributed by atoms with Crippen LogP contribution in [0.2, 0.25) is 0 Å². The zero-order chi connectivity index (χ0) is 11.0. The summed E-state index contributed by atoms with van der Waals surface area (Å²) in [5.41, 5.74) is 0.826. The minimum Gasteiger partial charge on any atom is -0.369 e. The van der Waals surface area contributed by atoms with Crippen molar-refractivity contribution >= 4 is 17.1 Å². The van der Waals surface area contributed by atoms with Crippen LogP contribution >= 0.6 is 0 Å². The van der Waals surface area contributed by atoms with Gasteiger partial charge in [-0.25, -0.2) is 0 Å². The first kappa shape index (κ1) is 9.69. The van der Waals surface area contributed by atoms with Crippen LogP contribution in [0.3, 0.4) is 0 Å². The fraction of sp³-hybridized carbons (Fsp3) is 0.250. The van der Waals surface area contributed by atoms with E-state index in [0.29, 0.717) is 11.4 Å². The second kappa shape index (κ2) is 3.37. The van der Waals surface area contributed by atoms with E-state index in [2.05, 4.69) is 10.6 Å². The summed E-state index contributed by atoms with van der Waals surface area (Å²) in [6.07, 6.45) is -2.31. The van der Waals surface area contributed by atoms with Gasteiger partial charge < -0.3 is 20.8 Å². The molecule has 0 unspecified atom stereocenters. The van der Waals surface area contributed by atoms with Crippen LogP contribution < -0.4 is 10.6 Å². The number of benzene rings is 1. The number of non-ortho nitro benzene ring substituents is 1. The lowest BCUT2D eigenvalue weighted by Gasteiger charge is -2.29. The van der Waals surface area contributed by atoms with E-state index >= 15 is 0 Å². The highest BCUT2D eigenvalue weighted by Crippen LogP contribution is 2.30. The van der Waals surface area contributed by atoms with Gasteiger partial charge in [0.1, 0.15) is 0 Å². The molecule has 0 spiro atoms. The molecule has 7 heteroatoms. The molecule has 0 amide bonds. The molecule has 1 aromatic rings. The van der Waals surface area contributed by atoms with Crippen LogP contribution in [0.1, 0.15) is 0 Å². The van der Waals surface area contributed by atoms with Crippen molar-refractivity contribution < 1.29 is 15.1 Å². The zero-order valence-corrected chi connectivity index (χ0v) is 7.54. The number of rotatable bonds is 1. The van der Waals surface area contributed by atoms with E-state index in [0.717, 1.165) is 0 Å². The molecule has 0 aliphatic carbocycles. The second-order valence-electron chi connectivity index (χ2n) is 3.17. The first-order valence-corrected chi connectivity index (χ1v) is 4.25. The Morgan fingerprint density at radius 1 is 1.20 bits per heavy atom. The molecule has 0 bridgehead atoms. The van der Waals surface area contributed by atoms with Gasteiger partial charge in [-0.1, -0.05) is 0 Å². The molecule has 0 saturated carbocycles. The molecule has 15 heavy (non-hydrogen) atoms. The molecular weight excluding hydrogens is 202 g/mol. The standard InChI is InChI=1S/C8H9N3O4/c12-7-8(13)10-6-3-4(11(14)15)1-2-5(6)9-7/h1-3,7-10,12-13H/t7-,8-/m1/s1. The Morgan fingerprint density at radius 2 is 1.80 bits per heavy atom. The predicted octanol–water partition coefficient (Wildman–Crippen LogP) is 0.0690. The second-order valence-corrected chi connectivity index (χ2v) is 3.17. The van der Waals surface area contributed by atoms with Gasteiger partial charge in [0, 0.05) is 12.1 Å². The van der Waals surface area contributed by atoms with Crippen LogP contribution in [0.4, 0.5) is 17.1 Å². The van der Waals surface area contributed by atoms with Crippen LogP contribution in [0, 0.1) is 10.1 Å². The first-order valence-electron chi connectivity index (χ1n) is 4.25. The molecule has 80 valence electrons.